The summed E-state index contributed by atoms with van der Waals surface area (Å²) in [6.45, 7) is 1.39. The lowest BCUT2D eigenvalue weighted by Gasteiger charge is -2.26. The van der Waals surface area contributed by atoms with Gasteiger partial charge < -0.3 is 19.7 Å². The van der Waals surface area contributed by atoms with Gasteiger partial charge in [0.2, 0.25) is 5.91 Å². The standard InChI is InChI=1S/C29H26N2O4/c32-27(30-21-4-3-5-21)19-10-8-18(9-11-19)16-31-24-7-2-1-6-22(24)29(28(31)33)17-35-26-15-25-20(12-13-34-25)14-23(26)29/h1-2,6-11,14-15,21H,3-5,12-13,16-17H2,(H,30,32). The van der Waals surface area contributed by atoms with Gasteiger partial charge in [-0.05, 0) is 60.2 Å². The number of carbonyl (C=O) groups is 2. The number of ether oxygens (including phenoxy) is 2. The Morgan fingerprint density at radius 2 is 1.83 bits per heavy atom. The number of hydrogen-bond acceptors (Lipinski definition) is 4. The molecule has 176 valence electrons. The van der Waals surface area contributed by atoms with Crippen molar-refractivity contribution in [3.8, 4) is 11.5 Å². The molecular weight excluding hydrogens is 440 g/mol. The molecule has 0 aromatic heterocycles. The number of hydrogen-bond donors (Lipinski definition) is 1. The van der Waals surface area contributed by atoms with Crippen molar-refractivity contribution < 1.29 is 19.1 Å². The zero-order chi connectivity index (χ0) is 23.6. The van der Waals surface area contributed by atoms with Gasteiger partial charge >= 0.3 is 0 Å². The van der Waals surface area contributed by atoms with E-state index in [0.29, 0.717) is 24.8 Å². The third-order valence-corrected chi connectivity index (χ3v) is 7.96. The molecule has 1 unspecified atom stereocenters. The molecule has 1 spiro atoms. The van der Waals surface area contributed by atoms with E-state index >= 15 is 0 Å². The molecule has 1 fully saturated rings. The van der Waals surface area contributed by atoms with Crippen LogP contribution in [0.4, 0.5) is 5.69 Å². The highest BCUT2D eigenvalue weighted by Crippen LogP contribution is 2.54. The highest BCUT2D eigenvalue weighted by molar-refractivity contribution is 6.11. The van der Waals surface area contributed by atoms with E-state index in [9.17, 15) is 9.59 Å². The summed E-state index contributed by atoms with van der Waals surface area (Å²) in [5.41, 5.74) is 4.76. The third-order valence-electron chi connectivity index (χ3n) is 7.96. The van der Waals surface area contributed by atoms with Crippen molar-refractivity contribution >= 4 is 17.5 Å². The number of nitrogens with one attached hydrogen (secondary N) is 1. The van der Waals surface area contributed by atoms with Crippen LogP contribution in [0.5, 0.6) is 11.5 Å². The molecule has 4 aliphatic rings. The molecule has 3 heterocycles. The molecule has 2 amide bonds. The Kier molecular flexibility index (Phi) is 4.47. The lowest BCUT2D eigenvalue weighted by molar-refractivity contribution is -0.122. The molecule has 1 saturated carbocycles. The fraction of sp³-hybridized carbons (Fsp3) is 0.310. The Morgan fingerprint density at radius 3 is 2.63 bits per heavy atom. The first kappa shape index (κ1) is 20.6. The summed E-state index contributed by atoms with van der Waals surface area (Å²) in [4.78, 5) is 28.5. The smallest absolute Gasteiger partial charge is 0.251 e. The third kappa shape index (κ3) is 3.02. The van der Waals surface area contributed by atoms with Crippen molar-refractivity contribution in [3.63, 3.8) is 0 Å². The molecule has 3 aromatic carbocycles. The van der Waals surface area contributed by atoms with Crippen molar-refractivity contribution in [2.24, 2.45) is 0 Å². The molecule has 3 aromatic rings. The Hall–Kier alpha value is -3.80. The molecule has 1 aliphatic carbocycles. The van der Waals surface area contributed by atoms with Crippen molar-refractivity contribution in [2.75, 3.05) is 18.1 Å². The summed E-state index contributed by atoms with van der Waals surface area (Å²) >= 11 is 0. The molecule has 0 radical (unpaired) electrons. The first-order valence-electron chi connectivity index (χ1n) is 12.4. The van der Waals surface area contributed by atoms with Gasteiger partial charge in [0.15, 0.2) is 0 Å². The van der Waals surface area contributed by atoms with Crippen molar-refractivity contribution in [1.29, 1.82) is 0 Å². The molecule has 35 heavy (non-hydrogen) atoms. The second-order valence-corrected chi connectivity index (χ2v) is 9.96. The zero-order valence-corrected chi connectivity index (χ0v) is 19.4. The topological polar surface area (TPSA) is 67.9 Å². The lowest BCUT2D eigenvalue weighted by atomic mass is 9.76. The Labute approximate surface area is 203 Å². The number of nitrogens with zero attached hydrogens (tertiary/aromatic N) is 1. The molecule has 3 aliphatic heterocycles. The quantitative estimate of drug-likeness (QED) is 0.628. The average Bonchev–Trinajstić information content (AvgIpc) is 3.53. The van der Waals surface area contributed by atoms with Gasteiger partial charge in [0.25, 0.3) is 5.91 Å². The second-order valence-electron chi connectivity index (χ2n) is 9.96. The van der Waals surface area contributed by atoms with Gasteiger partial charge in [0.1, 0.15) is 23.5 Å². The molecule has 1 atom stereocenters. The van der Waals surface area contributed by atoms with Gasteiger partial charge in [0, 0.05) is 35.3 Å². The molecule has 0 saturated heterocycles. The Morgan fingerprint density at radius 1 is 1.00 bits per heavy atom. The number of benzene rings is 3. The van der Waals surface area contributed by atoms with E-state index in [0.717, 1.165) is 58.7 Å². The first-order chi connectivity index (χ1) is 17.1. The average molecular weight is 467 g/mol. The Bertz CT molecular complexity index is 1360. The lowest BCUT2D eigenvalue weighted by Crippen LogP contribution is -2.42. The minimum Gasteiger partial charge on any atom is -0.493 e. The fourth-order valence-electron chi connectivity index (χ4n) is 5.77. The fourth-order valence-corrected chi connectivity index (χ4v) is 5.77. The van der Waals surface area contributed by atoms with Crippen LogP contribution in [-0.2, 0) is 23.2 Å². The van der Waals surface area contributed by atoms with Gasteiger partial charge in [-0.2, -0.15) is 0 Å². The Balaban J connectivity index is 1.21. The van der Waals surface area contributed by atoms with Crippen molar-refractivity contribution in [1.82, 2.24) is 5.32 Å². The summed E-state index contributed by atoms with van der Waals surface area (Å²) in [6, 6.07) is 20.0. The summed E-state index contributed by atoms with van der Waals surface area (Å²) < 4.78 is 11.8. The van der Waals surface area contributed by atoms with Crippen LogP contribution in [0, 0.1) is 0 Å². The van der Waals surface area contributed by atoms with E-state index in [-0.39, 0.29) is 18.4 Å². The van der Waals surface area contributed by atoms with Crippen LogP contribution in [-0.4, -0.2) is 31.1 Å². The maximum absolute atomic E-state index is 14.1. The van der Waals surface area contributed by atoms with Gasteiger partial charge in [-0.1, -0.05) is 30.3 Å². The van der Waals surface area contributed by atoms with Crippen LogP contribution >= 0.6 is 0 Å². The molecule has 0 bridgehead atoms. The normalized spacial score (nSPS) is 21.7. The minimum atomic E-state index is -0.841. The monoisotopic (exact) mass is 466 g/mol. The minimum absolute atomic E-state index is 0.0287. The van der Waals surface area contributed by atoms with Crippen LogP contribution in [0.1, 0.15) is 51.9 Å². The number of anilines is 1. The number of para-hydroxylation sites is 1. The highest BCUT2D eigenvalue weighted by Gasteiger charge is 2.57. The summed E-state index contributed by atoms with van der Waals surface area (Å²) in [5, 5.41) is 3.08. The number of amides is 2. The summed E-state index contributed by atoms with van der Waals surface area (Å²) in [5.74, 6) is 1.59. The largest absolute Gasteiger partial charge is 0.493 e. The van der Waals surface area contributed by atoms with Gasteiger partial charge in [0.05, 0.1) is 13.2 Å². The molecular formula is C29H26N2O4. The number of rotatable bonds is 4. The summed E-state index contributed by atoms with van der Waals surface area (Å²) in [7, 11) is 0. The maximum Gasteiger partial charge on any atom is 0.251 e. The SMILES string of the molecule is O=C(NC1CCC1)c1ccc(CN2C(=O)C3(COc4cc5c(cc43)CCO5)c3ccccc32)cc1. The molecule has 7 rings (SSSR count). The highest BCUT2D eigenvalue weighted by atomic mass is 16.5. The van der Waals surface area contributed by atoms with Gasteiger partial charge in [-0.25, -0.2) is 0 Å². The van der Waals surface area contributed by atoms with E-state index < -0.39 is 5.41 Å². The van der Waals surface area contributed by atoms with E-state index in [4.69, 9.17) is 9.47 Å². The molecule has 1 N–H and O–H groups in total. The summed E-state index contributed by atoms with van der Waals surface area (Å²) in [6.07, 6.45) is 4.15. The molecule has 6 nitrogen and oxygen atoms in total. The predicted octanol–water partition coefficient (Wildman–Crippen LogP) is 4.13. The van der Waals surface area contributed by atoms with Crippen LogP contribution < -0.4 is 19.7 Å². The first-order valence-corrected chi connectivity index (χ1v) is 12.4. The van der Waals surface area contributed by atoms with E-state index in [1.807, 2.05) is 59.5 Å². The number of carbonyl (C=O) groups excluding carboxylic acids is 2. The predicted molar refractivity (Wildman–Crippen MR) is 131 cm³/mol. The number of fused-ring (bicyclic) bond motifs is 5. The van der Waals surface area contributed by atoms with Crippen molar-refractivity contribution in [3.05, 3.63) is 88.5 Å². The van der Waals surface area contributed by atoms with Crippen LogP contribution in [0.2, 0.25) is 0 Å². The zero-order valence-electron chi connectivity index (χ0n) is 19.4. The maximum atomic E-state index is 14.1. The van der Waals surface area contributed by atoms with Crippen LogP contribution in [0.3, 0.4) is 0 Å². The van der Waals surface area contributed by atoms with E-state index in [1.54, 1.807) is 0 Å². The van der Waals surface area contributed by atoms with Crippen LogP contribution in [0.25, 0.3) is 0 Å². The van der Waals surface area contributed by atoms with Gasteiger partial charge in [-0.3, -0.25) is 9.59 Å². The van der Waals surface area contributed by atoms with Crippen molar-refractivity contribution in [2.45, 2.75) is 43.7 Å². The second kappa shape index (κ2) is 7.60. The van der Waals surface area contributed by atoms with Gasteiger partial charge in [-0.15, -0.1) is 0 Å². The van der Waals surface area contributed by atoms with E-state index in [2.05, 4.69) is 11.4 Å². The van der Waals surface area contributed by atoms with E-state index in [1.165, 1.54) is 6.42 Å². The van der Waals surface area contributed by atoms with Crippen LogP contribution in [0.15, 0.2) is 60.7 Å². The molecule has 6 heteroatoms.